The van der Waals surface area contributed by atoms with Crippen molar-refractivity contribution >= 4 is 11.6 Å². The van der Waals surface area contributed by atoms with Crippen molar-refractivity contribution in [2.24, 2.45) is 0 Å². The predicted molar refractivity (Wildman–Crippen MR) is 86.1 cm³/mol. The number of rotatable bonds is 11. The van der Waals surface area contributed by atoms with Crippen LogP contribution in [0.5, 0.6) is 0 Å². The maximum Gasteiger partial charge on any atom is 0.134 e. The average molecular weight is 296 g/mol. The normalized spacial score (nSPS) is 10.9. The molecule has 6 nitrogen and oxygen atoms in total. The molecule has 0 atom stereocenters. The summed E-state index contributed by atoms with van der Waals surface area (Å²) in [5.41, 5.74) is 1.14. The van der Waals surface area contributed by atoms with Crippen molar-refractivity contribution in [1.29, 1.82) is 0 Å². The molecule has 0 aromatic carbocycles. The van der Waals surface area contributed by atoms with Gasteiger partial charge in [-0.1, -0.05) is 13.8 Å². The van der Waals surface area contributed by atoms with Gasteiger partial charge in [-0.3, -0.25) is 0 Å². The van der Waals surface area contributed by atoms with E-state index in [-0.39, 0.29) is 0 Å². The lowest BCUT2D eigenvalue weighted by Crippen LogP contribution is -2.11. The van der Waals surface area contributed by atoms with E-state index in [4.69, 9.17) is 9.47 Å². The van der Waals surface area contributed by atoms with Gasteiger partial charge in [0.1, 0.15) is 18.0 Å². The van der Waals surface area contributed by atoms with Crippen molar-refractivity contribution < 1.29 is 9.47 Å². The van der Waals surface area contributed by atoms with E-state index in [9.17, 15) is 0 Å². The second-order valence-corrected chi connectivity index (χ2v) is 5.13. The SMILES string of the molecule is CNc1ncnc(NCCCCOCCOC)c1C(C)C. The predicted octanol–water partition coefficient (Wildman–Crippen LogP) is 2.50. The van der Waals surface area contributed by atoms with E-state index in [0.717, 1.165) is 43.2 Å². The Balaban J connectivity index is 2.35. The Morgan fingerprint density at radius 1 is 1.10 bits per heavy atom. The summed E-state index contributed by atoms with van der Waals surface area (Å²) in [5.74, 6) is 2.18. The number of anilines is 2. The van der Waals surface area contributed by atoms with E-state index in [2.05, 4.69) is 34.4 Å². The standard InChI is InChI=1S/C15H28N4O2/c1-12(2)13-14(16-3)18-11-19-15(13)17-7-5-6-8-21-10-9-20-4/h11-12H,5-10H2,1-4H3,(H2,16,17,18,19). The molecule has 0 spiro atoms. The minimum Gasteiger partial charge on any atom is -0.382 e. The zero-order valence-corrected chi connectivity index (χ0v) is 13.6. The van der Waals surface area contributed by atoms with Crippen molar-refractivity contribution in [3.8, 4) is 0 Å². The molecule has 21 heavy (non-hydrogen) atoms. The zero-order valence-electron chi connectivity index (χ0n) is 13.6. The number of methoxy groups -OCH3 is 1. The molecule has 0 radical (unpaired) electrons. The van der Waals surface area contributed by atoms with Crippen molar-refractivity contribution in [2.75, 3.05) is 51.2 Å². The number of hydrogen-bond donors (Lipinski definition) is 2. The van der Waals surface area contributed by atoms with Crippen LogP contribution in [-0.2, 0) is 9.47 Å². The Morgan fingerprint density at radius 2 is 1.86 bits per heavy atom. The third-order valence-corrected chi connectivity index (χ3v) is 3.14. The second kappa shape index (κ2) is 10.3. The van der Waals surface area contributed by atoms with Crippen molar-refractivity contribution in [3.05, 3.63) is 11.9 Å². The molecule has 0 aliphatic rings. The van der Waals surface area contributed by atoms with Gasteiger partial charge in [0.25, 0.3) is 0 Å². The second-order valence-electron chi connectivity index (χ2n) is 5.13. The van der Waals surface area contributed by atoms with Gasteiger partial charge >= 0.3 is 0 Å². The van der Waals surface area contributed by atoms with Gasteiger partial charge < -0.3 is 20.1 Å². The molecule has 1 rings (SSSR count). The first kappa shape index (κ1) is 17.7. The number of nitrogens with one attached hydrogen (secondary N) is 2. The summed E-state index contributed by atoms with van der Waals surface area (Å²) in [6, 6.07) is 0. The molecular weight excluding hydrogens is 268 g/mol. The Hall–Kier alpha value is -1.40. The van der Waals surface area contributed by atoms with E-state index >= 15 is 0 Å². The summed E-state index contributed by atoms with van der Waals surface area (Å²) in [4.78, 5) is 8.63. The Kier molecular flexibility index (Phi) is 8.69. The fourth-order valence-corrected chi connectivity index (χ4v) is 2.06. The highest BCUT2D eigenvalue weighted by Gasteiger charge is 2.13. The van der Waals surface area contributed by atoms with Crippen LogP contribution in [0.4, 0.5) is 11.6 Å². The Morgan fingerprint density at radius 3 is 2.52 bits per heavy atom. The fraction of sp³-hybridized carbons (Fsp3) is 0.733. The summed E-state index contributed by atoms with van der Waals surface area (Å²) >= 11 is 0. The molecule has 0 aliphatic carbocycles. The molecule has 1 aromatic heterocycles. The molecule has 1 heterocycles. The molecule has 0 bridgehead atoms. The van der Waals surface area contributed by atoms with Gasteiger partial charge in [0, 0.05) is 32.9 Å². The van der Waals surface area contributed by atoms with E-state index < -0.39 is 0 Å². The van der Waals surface area contributed by atoms with E-state index in [1.165, 1.54) is 0 Å². The molecule has 1 aromatic rings. The molecule has 0 aliphatic heterocycles. The van der Waals surface area contributed by atoms with Crippen LogP contribution < -0.4 is 10.6 Å². The molecule has 2 N–H and O–H groups in total. The maximum absolute atomic E-state index is 5.44. The van der Waals surface area contributed by atoms with Crippen LogP contribution in [0.25, 0.3) is 0 Å². The number of nitrogens with zero attached hydrogens (tertiary/aromatic N) is 2. The molecule has 120 valence electrons. The Labute approximate surface area is 127 Å². The van der Waals surface area contributed by atoms with Gasteiger partial charge in [0.2, 0.25) is 0 Å². The molecule has 0 saturated heterocycles. The van der Waals surface area contributed by atoms with Crippen LogP contribution in [0.2, 0.25) is 0 Å². The van der Waals surface area contributed by atoms with Gasteiger partial charge in [-0.15, -0.1) is 0 Å². The smallest absolute Gasteiger partial charge is 0.134 e. The third-order valence-electron chi connectivity index (χ3n) is 3.14. The van der Waals surface area contributed by atoms with Crippen LogP contribution in [0.15, 0.2) is 6.33 Å². The monoisotopic (exact) mass is 296 g/mol. The molecule has 0 fully saturated rings. The van der Waals surface area contributed by atoms with Crippen LogP contribution in [-0.4, -0.2) is 50.5 Å². The van der Waals surface area contributed by atoms with E-state index in [1.807, 2.05) is 7.05 Å². The highest BCUT2D eigenvalue weighted by atomic mass is 16.5. The summed E-state index contributed by atoms with van der Waals surface area (Å²) in [5, 5.41) is 6.52. The average Bonchev–Trinajstić information content (AvgIpc) is 2.49. The zero-order chi connectivity index (χ0) is 15.5. The first-order chi connectivity index (χ1) is 10.2. The van der Waals surface area contributed by atoms with Gasteiger partial charge in [-0.2, -0.15) is 0 Å². The van der Waals surface area contributed by atoms with Crippen LogP contribution in [0, 0.1) is 0 Å². The highest BCUT2D eigenvalue weighted by Crippen LogP contribution is 2.27. The van der Waals surface area contributed by atoms with Crippen molar-refractivity contribution in [1.82, 2.24) is 9.97 Å². The molecule has 6 heteroatoms. The van der Waals surface area contributed by atoms with Gasteiger partial charge in [0.05, 0.1) is 13.2 Å². The topological polar surface area (TPSA) is 68.3 Å². The first-order valence-electron chi connectivity index (χ1n) is 7.53. The lowest BCUT2D eigenvalue weighted by Gasteiger charge is -2.16. The highest BCUT2D eigenvalue weighted by molar-refractivity contribution is 5.58. The first-order valence-corrected chi connectivity index (χ1v) is 7.53. The third kappa shape index (κ3) is 6.27. The number of aromatic nitrogens is 2. The summed E-state index contributed by atoms with van der Waals surface area (Å²) < 4.78 is 10.4. The van der Waals surface area contributed by atoms with Gasteiger partial charge in [-0.25, -0.2) is 9.97 Å². The molecule has 0 saturated carbocycles. The Bertz CT molecular complexity index is 399. The minimum atomic E-state index is 0.369. The molecular formula is C15H28N4O2. The molecule has 0 unspecified atom stereocenters. The largest absolute Gasteiger partial charge is 0.382 e. The number of hydrogen-bond acceptors (Lipinski definition) is 6. The lowest BCUT2D eigenvalue weighted by molar-refractivity contribution is 0.0691. The summed E-state index contributed by atoms with van der Waals surface area (Å²) in [6.45, 7) is 7.27. The fourth-order valence-electron chi connectivity index (χ4n) is 2.06. The van der Waals surface area contributed by atoms with Crippen molar-refractivity contribution in [2.45, 2.75) is 32.6 Å². The van der Waals surface area contributed by atoms with Crippen LogP contribution >= 0.6 is 0 Å². The van der Waals surface area contributed by atoms with Crippen LogP contribution in [0.1, 0.15) is 38.2 Å². The van der Waals surface area contributed by atoms with Crippen molar-refractivity contribution in [3.63, 3.8) is 0 Å². The minimum absolute atomic E-state index is 0.369. The lowest BCUT2D eigenvalue weighted by atomic mass is 10.0. The molecule has 0 amide bonds. The number of unbranched alkanes of at least 4 members (excludes halogenated alkanes) is 1. The summed E-state index contributed by atoms with van der Waals surface area (Å²) in [7, 11) is 3.57. The number of ether oxygens (including phenoxy) is 2. The summed E-state index contributed by atoms with van der Waals surface area (Å²) in [6.07, 6.45) is 3.66. The van der Waals surface area contributed by atoms with Gasteiger partial charge in [0.15, 0.2) is 0 Å². The van der Waals surface area contributed by atoms with E-state index in [1.54, 1.807) is 13.4 Å². The van der Waals surface area contributed by atoms with Gasteiger partial charge in [-0.05, 0) is 18.8 Å². The van der Waals surface area contributed by atoms with Crippen LogP contribution in [0.3, 0.4) is 0 Å². The quantitative estimate of drug-likeness (QED) is 0.612. The maximum atomic E-state index is 5.44. The van der Waals surface area contributed by atoms with E-state index in [0.29, 0.717) is 19.1 Å².